The lowest BCUT2D eigenvalue weighted by molar-refractivity contribution is -0.140. The summed E-state index contributed by atoms with van der Waals surface area (Å²) in [5.41, 5.74) is 0.250. The second kappa shape index (κ2) is 12.9. The molecule has 0 aliphatic rings. The van der Waals surface area contributed by atoms with Gasteiger partial charge in [-0.2, -0.15) is 0 Å². The summed E-state index contributed by atoms with van der Waals surface area (Å²) in [5.74, 6) is -0.729. The number of ether oxygens (including phenoxy) is 1. The maximum atomic E-state index is 14.0. The molecule has 3 aromatic rings. The fourth-order valence-electron chi connectivity index (χ4n) is 3.96. The number of nitrogens with zero attached hydrogens (tertiary/aromatic N) is 2. The number of nitrogens with one attached hydrogen (secondary N) is 1. The Bertz CT molecular complexity index is 1460. The SMILES string of the molecule is COc1ccccc1N(CC(=O)N(Cc1ccc(Cl)c(Cl)c1)C(C)C(=O)NC(C)(C)C)S(=O)(=O)c1ccccc1. The van der Waals surface area contributed by atoms with E-state index in [4.69, 9.17) is 27.9 Å². The molecule has 3 aromatic carbocycles. The van der Waals surface area contributed by atoms with Crippen LogP contribution in [0.4, 0.5) is 5.69 Å². The minimum atomic E-state index is -4.21. The predicted octanol–water partition coefficient (Wildman–Crippen LogP) is 5.53. The quantitative estimate of drug-likeness (QED) is 0.328. The fourth-order valence-corrected chi connectivity index (χ4v) is 5.73. The topological polar surface area (TPSA) is 96.0 Å². The van der Waals surface area contributed by atoms with Crippen LogP contribution in [-0.4, -0.2) is 50.4 Å². The zero-order chi connectivity index (χ0) is 29.7. The van der Waals surface area contributed by atoms with Crippen LogP contribution in [0.3, 0.4) is 0 Å². The number of carbonyl (C=O) groups is 2. The van der Waals surface area contributed by atoms with Gasteiger partial charge in [0, 0.05) is 12.1 Å². The number of benzene rings is 3. The normalized spacial score (nSPS) is 12.4. The minimum absolute atomic E-state index is 0.00302. The average Bonchev–Trinajstić information content (AvgIpc) is 2.91. The average molecular weight is 607 g/mol. The van der Waals surface area contributed by atoms with Gasteiger partial charge in [-0.25, -0.2) is 8.42 Å². The number of para-hydroxylation sites is 2. The van der Waals surface area contributed by atoms with Crippen molar-refractivity contribution in [3.63, 3.8) is 0 Å². The molecule has 0 saturated heterocycles. The molecule has 1 atom stereocenters. The van der Waals surface area contributed by atoms with E-state index in [9.17, 15) is 18.0 Å². The molecule has 214 valence electrons. The van der Waals surface area contributed by atoms with Crippen molar-refractivity contribution in [1.29, 1.82) is 0 Å². The molecule has 0 bridgehead atoms. The highest BCUT2D eigenvalue weighted by molar-refractivity contribution is 7.92. The van der Waals surface area contributed by atoms with Crippen molar-refractivity contribution in [3.05, 3.63) is 88.4 Å². The maximum absolute atomic E-state index is 14.0. The van der Waals surface area contributed by atoms with E-state index >= 15 is 0 Å². The van der Waals surface area contributed by atoms with E-state index in [2.05, 4.69) is 5.32 Å². The number of rotatable bonds is 10. The Morgan fingerprint density at radius 3 is 2.17 bits per heavy atom. The molecule has 0 aliphatic heterocycles. The molecule has 0 saturated carbocycles. The van der Waals surface area contributed by atoms with Crippen LogP contribution < -0.4 is 14.4 Å². The third kappa shape index (κ3) is 7.68. The van der Waals surface area contributed by atoms with E-state index in [0.717, 1.165) is 4.31 Å². The first kappa shape index (κ1) is 31.3. The van der Waals surface area contributed by atoms with Crippen LogP contribution in [0.5, 0.6) is 5.75 Å². The van der Waals surface area contributed by atoms with E-state index in [1.54, 1.807) is 67.6 Å². The van der Waals surface area contributed by atoms with Gasteiger partial charge in [0.05, 0.1) is 27.7 Å². The van der Waals surface area contributed by atoms with Crippen molar-refractivity contribution in [2.75, 3.05) is 18.0 Å². The van der Waals surface area contributed by atoms with Crippen LogP contribution in [0.25, 0.3) is 0 Å². The first-order valence-corrected chi connectivity index (χ1v) is 14.7. The summed E-state index contributed by atoms with van der Waals surface area (Å²) >= 11 is 12.3. The zero-order valence-corrected chi connectivity index (χ0v) is 25.3. The van der Waals surface area contributed by atoms with Gasteiger partial charge in [-0.1, -0.05) is 59.6 Å². The summed E-state index contributed by atoms with van der Waals surface area (Å²) in [6.45, 7) is 6.48. The van der Waals surface area contributed by atoms with Gasteiger partial charge in [-0.3, -0.25) is 13.9 Å². The fraction of sp³-hybridized carbons (Fsp3) is 0.310. The summed E-state index contributed by atoms with van der Waals surface area (Å²) in [4.78, 5) is 28.5. The lowest BCUT2D eigenvalue weighted by atomic mass is 10.1. The molecule has 8 nitrogen and oxygen atoms in total. The van der Waals surface area contributed by atoms with Crippen LogP contribution in [0.1, 0.15) is 33.3 Å². The Kier molecular flexibility index (Phi) is 10.1. The molecule has 0 aromatic heterocycles. The van der Waals surface area contributed by atoms with Gasteiger partial charge in [0.15, 0.2) is 0 Å². The van der Waals surface area contributed by atoms with Gasteiger partial charge in [0.1, 0.15) is 18.3 Å². The van der Waals surface area contributed by atoms with Crippen LogP contribution in [0.15, 0.2) is 77.7 Å². The third-order valence-corrected chi connectivity index (χ3v) is 8.48. The number of hydrogen-bond donors (Lipinski definition) is 1. The molecular weight excluding hydrogens is 573 g/mol. The Morgan fingerprint density at radius 2 is 1.57 bits per heavy atom. The van der Waals surface area contributed by atoms with Gasteiger partial charge >= 0.3 is 0 Å². The van der Waals surface area contributed by atoms with E-state index in [1.165, 1.54) is 24.1 Å². The summed E-state index contributed by atoms with van der Waals surface area (Å²) in [6.07, 6.45) is 0. The van der Waals surface area contributed by atoms with Crippen molar-refractivity contribution in [2.45, 2.75) is 50.7 Å². The van der Waals surface area contributed by atoms with E-state index < -0.39 is 40.0 Å². The molecule has 0 radical (unpaired) electrons. The molecule has 1 unspecified atom stereocenters. The Morgan fingerprint density at radius 1 is 0.950 bits per heavy atom. The van der Waals surface area contributed by atoms with Crippen LogP contribution in [0.2, 0.25) is 10.0 Å². The van der Waals surface area contributed by atoms with E-state index in [-0.39, 0.29) is 22.9 Å². The predicted molar refractivity (Wildman–Crippen MR) is 158 cm³/mol. The largest absolute Gasteiger partial charge is 0.495 e. The number of methoxy groups -OCH3 is 1. The van der Waals surface area contributed by atoms with Gasteiger partial charge in [-0.05, 0) is 69.7 Å². The second-order valence-electron chi connectivity index (χ2n) is 10.2. The van der Waals surface area contributed by atoms with Gasteiger partial charge in [0.25, 0.3) is 10.0 Å². The number of amides is 2. The number of halogens is 2. The van der Waals surface area contributed by atoms with Crippen LogP contribution >= 0.6 is 23.2 Å². The minimum Gasteiger partial charge on any atom is -0.495 e. The number of hydrogen-bond acceptors (Lipinski definition) is 5. The zero-order valence-electron chi connectivity index (χ0n) is 23.0. The monoisotopic (exact) mass is 605 g/mol. The number of carbonyl (C=O) groups excluding carboxylic acids is 2. The van der Waals surface area contributed by atoms with Crippen LogP contribution in [0, 0.1) is 0 Å². The Hall–Kier alpha value is -3.27. The molecule has 0 heterocycles. The molecule has 40 heavy (non-hydrogen) atoms. The smallest absolute Gasteiger partial charge is 0.264 e. The summed E-state index contributed by atoms with van der Waals surface area (Å²) in [7, 11) is -2.79. The lowest BCUT2D eigenvalue weighted by Crippen LogP contribution is -2.54. The highest BCUT2D eigenvalue weighted by atomic mass is 35.5. The van der Waals surface area contributed by atoms with E-state index in [0.29, 0.717) is 15.6 Å². The summed E-state index contributed by atoms with van der Waals surface area (Å²) < 4.78 is 34.2. The maximum Gasteiger partial charge on any atom is 0.264 e. The Balaban J connectivity index is 2.08. The van der Waals surface area contributed by atoms with Gasteiger partial charge in [-0.15, -0.1) is 0 Å². The highest BCUT2D eigenvalue weighted by Crippen LogP contribution is 2.32. The molecule has 1 N–H and O–H groups in total. The molecule has 11 heteroatoms. The molecule has 0 aliphatic carbocycles. The van der Waals surface area contributed by atoms with E-state index in [1.807, 2.05) is 20.8 Å². The van der Waals surface area contributed by atoms with Crippen molar-refractivity contribution in [2.24, 2.45) is 0 Å². The third-order valence-electron chi connectivity index (χ3n) is 5.97. The second-order valence-corrected chi connectivity index (χ2v) is 12.9. The van der Waals surface area contributed by atoms with Crippen LogP contribution in [-0.2, 0) is 26.2 Å². The first-order valence-electron chi connectivity index (χ1n) is 12.5. The molecule has 3 rings (SSSR count). The highest BCUT2D eigenvalue weighted by Gasteiger charge is 2.34. The molecular formula is C29H33Cl2N3O5S. The van der Waals surface area contributed by atoms with Gasteiger partial charge in [0.2, 0.25) is 11.8 Å². The van der Waals surface area contributed by atoms with Crippen molar-refractivity contribution in [1.82, 2.24) is 10.2 Å². The summed E-state index contributed by atoms with van der Waals surface area (Å²) in [5, 5.41) is 3.53. The number of anilines is 1. The van der Waals surface area contributed by atoms with Crippen molar-refractivity contribution < 1.29 is 22.7 Å². The standard InChI is InChI=1S/C29H33Cl2N3O5S/c1-20(28(36)32-29(2,3)4)33(18-21-15-16-23(30)24(31)17-21)27(35)19-34(25-13-9-10-14-26(25)39-5)40(37,38)22-11-7-6-8-12-22/h6-17,20H,18-19H2,1-5H3,(H,32,36). The molecule has 0 fully saturated rings. The first-order chi connectivity index (χ1) is 18.7. The lowest BCUT2D eigenvalue weighted by Gasteiger charge is -2.33. The Labute approximate surface area is 245 Å². The van der Waals surface area contributed by atoms with Gasteiger partial charge < -0.3 is 15.0 Å². The van der Waals surface area contributed by atoms with Crippen molar-refractivity contribution in [3.8, 4) is 5.75 Å². The molecule has 0 spiro atoms. The number of sulfonamides is 1. The summed E-state index contributed by atoms with van der Waals surface area (Å²) in [6, 6.07) is 18.3. The van der Waals surface area contributed by atoms with Crippen molar-refractivity contribution >= 4 is 50.7 Å². The molecule has 2 amide bonds.